The van der Waals surface area contributed by atoms with Gasteiger partial charge in [-0.25, -0.2) is 9.59 Å². The molecule has 2 aromatic carbocycles. The fourth-order valence-electron chi connectivity index (χ4n) is 7.00. The summed E-state index contributed by atoms with van der Waals surface area (Å²) in [6.07, 6.45) is -2.69. The van der Waals surface area contributed by atoms with Crippen LogP contribution < -0.4 is 26.9 Å². The number of imide groups is 1. The summed E-state index contributed by atoms with van der Waals surface area (Å²) in [7, 11) is -4.92. The highest BCUT2D eigenvalue weighted by Gasteiger charge is 2.39. The van der Waals surface area contributed by atoms with Gasteiger partial charge in [-0.3, -0.25) is 43.0 Å². The number of carboxylic acid groups (broad SMARTS) is 1. The van der Waals surface area contributed by atoms with Gasteiger partial charge in [-0.1, -0.05) is 6.07 Å². The van der Waals surface area contributed by atoms with Gasteiger partial charge in [0.1, 0.15) is 29.4 Å². The molecule has 2 fully saturated rings. The molecule has 0 bridgehead atoms. The van der Waals surface area contributed by atoms with E-state index in [1.165, 1.54) is 61.7 Å². The number of likely N-dealkylation sites (tertiary alicyclic amines) is 1. The molecule has 2 saturated heterocycles. The fraction of sp³-hybridized carbons (Fsp3) is 0.308. The van der Waals surface area contributed by atoms with Gasteiger partial charge in [-0.05, 0) is 48.9 Å². The van der Waals surface area contributed by atoms with E-state index in [0.29, 0.717) is 16.5 Å². The number of hydrogen-bond donors (Lipinski definition) is 5. The van der Waals surface area contributed by atoms with Crippen molar-refractivity contribution in [2.75, 3.05) is 30.8 Å². The van der Waals surface area contributed by atoms with Gasteiger partial charge in [-0.15, -0.1) is 11.8 Å². The second-order valence-corrected chi connectivity index (χ2v) is 16.8. The average molecular weight is 880 g/mol. The van der Waals surface area contributed by atoms with Crippen molar-refractivity contribution in [3.8, 4) is 28.2 Å². The van der Waals surface area contributed by atoms with Gasteiger partial charge in [0.2, 0.25) is 17.7 Å². The number of amides is 3. The van der Waals surface area contributed by atoms with Crippen molar-refractivity contribution in [2.24, 2.45) is 0 Å². The Kier molecular flexibility index (Phi) is 12.4. The van der Waals surface area contributed by atoms with Crippen molar-refractivity contribution in [2.45, 2.75) is 49.9 Å². The van der Waals surface area contributed by atoms with Crippen LogP contribution in [0.5, 0.6) is 5.75 Å². The zero-order valence-electron chi connectivity index (χ0n) is 31.9. The number of H-pyrrole nitrogens is 1. The van der Waals surface area contributed by atoms with Crippen LogP contribution >= 0.6 is 19.6 Å². The van der Waals surface area contributed by atoms with E-state index in [-0.39, 0.29) is 76.5 Å². The first kappa shape index (κ1) is 43.2. The number of nitrogens with zero attached hydrogens (tertiary/aromatic N) is 2. The number of phosphoric ester groups is 1. The number of rotatable bonds is 15. The molecule has 3 aliphatic heterocycles. The van der Waals surface area contributed by atoms with E-state index < -0.39 is 79.7 Å². The van der Waals surface area contributed by atoms with Crippen LogP contribution in [0, 0.1) is 6.92 Å². The lowest BCUT2D eigenvalue weighted by molar-refractivity contribution is -0.228. The summed E-state index contributed by atoms with van der Waals surface area (Å²) in [5, 5.41) is 32.8. The Morgan fingerprint density at radius 3 is 2.59 bits per heavy atom. The molecule has 320 valence electrons. The molecule has 5 N–H and O–H groups in total. The third kappa shape index (κ3) is 9.52. The Hall–Kier alpha value is -5.93. The van der Waals surface area contributed by atoms with E-state index in [1.807, 2.05) is 0 Å². The molecule has 5 atom stereocenters. The number of carbonyl (C=O) groups excluding carboxylic acids is 3. The van der Waals surface area contributed by atoms with Crippen LogP contribution in [-0.2, 0) is 32.7 Å². The predicted molar refractivity (Wildman–Crippen MR) is 214 cm³/mol. The minimum atomic E-state index is -4.92. The minimum Gasteiger partial charge on any atom is -0.756 e. The summed E-state index contributed by atoms with van der Waals surface area (Å²) in [6, 6.07) is 12.6. The first-order valence-electron chi connectivity index (χ1n) is 18.6. The van der Waals surface area contributed by atoms with Gasteiger partial charge in [-0.2, -0.15) is 0 Å². The number of hydrogen-bond acceptors (Lipinski definition) is 16. The van der Waals surface area contributed by atoms with Crippen molar-refractivity contribution in [3.05, 3.63) is 103 Å². The third-order valence-electron chi connectivity index (χ3n) is 9.95. The van der Waals surface area contributed by atoms with Gasteiger partial charge >= 0.3 is 11.7 Å². The van der Waals surface area contributed by atoms with Crippen LogP contribution in [-0.4, -0.2) is 96.4 Å². The van der Waals surface area contributed by atoms with Gasteiger partial charge < -0.3 is 43.7 Å². The molecule has 0 radical (unpaired) electrons. The van der Waals surface area contributed by atoms with Crippen LogP contribution in [0.25, 0.3) is 33.4 Å². The van der Waals surface area contributed by atoms with Gasteiger partial charge in [0.05, 0.1) is 30.1 Å². The van der Waals surface area contributed by atoms with Crippen molar-refractivity contribution >= 4 is 59.9 Å². The molecular formula is C39H36N4O16PS-. The maximum Gasteiger partial charge on any atom is 0.336 e. The second kappa shape index (κ2) is 17.6. The van der Waals surface area contributed by atoms with Crippen molar-refractivity contribution in [1.29, 1.82) is 0 Å². The molecule has 3 amide bonds. The number of ether oxygens (including phenoxy) is 1. The number of carbonyl (C=O) groups is 4. The highest BCUT2D eigenvalue weighted by Crippen LogP contribution is 2.43. The Morgan fingerprint density at radius 2 is 1.82 bits per heavy atom. The Bertz CT molecular complexity index is 2770. The largest absolute Gasteiger partial charge is 0.756 e. The number of anilines is 1. The SMILES string of the molecule is Cc1cn([C@H]2C[C@@H](O)[C@@H](COP(=O)([O-])OCCSC3CC(=O)N(CCC(=O)Nc4ccc(-c5c6ccc(=O)cc-6oc6cc(O)ccc56)c(C(=O)O)c4)C3=O)O2)c(=O)[nH]c1=O. The van der Waals surface area contributed by atoms with Crippen LogP contribution in [0.15, 0.2) is 79.6 Å². The Morgan fingerprint density at radius 1 is 1.05 bits per heavy atom. The van der Waals surface area contributed by atoms with Crippen molar-refractivity contribution < 1.29 is 62.2 Å². The summed E-state index contributed by atoms with van der Waals surface area (Å²) in [5.41, 5.74) is -0.276. The molecule has 61 heavy (non-hydrogen) atoms. The van der Waals surface area contributed by atoms with Gasteiger partial charge in [0.15, 0.2) is 5.43 Å². The zero-order chi connectivity index (χ0) is 43.7. The van der Waals surface area contributed by atoms with Crippen LogP contribution in [0.3, 0.4) is 0 Å². The highest BCUT2D eigenvalue weighted by molar-refractivity contribution is 8.00. The molecule has 22 heteroatoms. The number of aromatic amines is 1. The monoisotopic (exact) mass is 879 g/mol. The normalized spacial score (nSPS) is 20.1. The van der Waals surface area contributed by atoms with Crippen molar-refractivity contribution in [1.82, 2.24) is 14.5 Å². The molecule has 4 heterocycles. The average Bonchev–Trinajstić information content (AvgIpc) is 3.71. The molecule has 2 unspecified atom stereocenters. The number of thioether (sulfide) groups is 1. The first-order chi connectivity index (χ1) is 29.0. The number of phosphoric acid groups is 1. The number of phenolic OH excluding ortho intramolecular Hbond substituents is 1. The molecule has 7 rings (SSSR count). The smallest absolute Gasteiger partial charge is 0.336 e. The Labute approximate surface area is 347 Å². The van der Waals surface area contributed by atoms with E-state index >= 15 is 0 Å². The third-order valence-corrected chi connectivity index (χ3v) is 12.1. The summed E-state index contributed by atoms with van der Waals surface area (Å²) < 4.78 is 34.7. The number of aliphatic hydroxyl groups excluding tert-OH is 1. The van der Waals surface area contributed by atoms with Gasteiger partial charge in [0.25, 0.3) is 13.4 Å². The first-order valence-corrected chi connectivity index (χ1v) is 21.1. The number of aliphatic hydroxyl groups is 1. The van der Waals surface area contributed by atoms with E-state index in [1.54, 1.807) is 6.07 Å². The van der Waals surface area contributed by atoms with Crippen molar-refractivity contribution in [3.63, 3.8) is 0 Å². The molecule has 0 saturated carbocycles. The maximum absolute atomic E-state index is 13.0. The summed E-state index contributed by atoms with van der Waals surface area (Å²) >= 11 is 0.964. The van der Waals surface area contributed by atoms with E-state index in [4.69, 9.17) is 18.2 Å². The number of aromatic hydroxyl groups is 1. The quantitative estimate of drug-likeness (QED) is 0.0436. The number of fused-ring (bicyclic) bond motifs is 2. The zero-order valence-corrected chi connectivity index (χ0v) is 33.6. The number of aromatic nitrogens is 2. The molecule has 4 aliphatic rings. The molecular weight excluding hydrogens is 843 g/mol. The number of aromatic carboxylic acids is 1. The predicted octanol–water partition coefficient (Wildman–Crippen LogP) is 2.17. The molecule has 3 aromatic rings. The van der Waals surface area contributed by atoms with Crippen LogP contribution in [0.1, 0.15) is 41.4 Å². The maximum atomic E-state index is 13.0. The number of carboxylic acids is 1. The standard InChI is InChI=1S/C39H37N4O16PS/c1-19-17-43(39(53)41-36(19)49)34-15-27(46)30(59-34)18-57-60(54,55)56-10-11-61-31-16-33(48)42(37(31)50)9-8-32(47)40-20-2-5-23(26(12-20)38(51)52)35-24-6-3-21(44)13-28(24)58-29-14-22(45)4-7-25(29)35/h2-7,12-14,17,27,30-31,34,44,46H,8-11,15-16,18H2,1H3,(H,40,47)(H,51,52)(H,54,55)(H,41,49,53)/p-1/t27-,30-,31?,34-/m1/s1. The molecule has 0 spiro atoms. The van der Waals surface area contributed by atoms with E-state index in [2.05, 4.69) is 10.3 Å². The Balaban J connectivity index is 0.899. The number of aryl methyl sites for hydroxylation is 1. The lowest BCUT2D eigenvalue weighted by Gasteiger charge is -2.25. The topological polar surface area (TPSA) is 297 Å². The van der Waals surface area contributed by atoms with E-state index in [9.17, 15) is 58.3 Å². The summed E-state index contributed by atoms with van der Waals surface area (Å²) in [4.78, 5) is 103. The molecule has 20 nitrogen and oxygen atoms in total. The number of nitrogens with one attached hydrogen (secondary N) is 2. The number of phenols is 1. The van der Waals surface area contributed by atoms with Crippen LogP contribution in [0.4, 0.5) is 5.69 Å². The second-order valence-electron chi connectivity index (χ2n) is 14.1. The minimum absolute atomic E-state index is 0.0416. The molecule has 1 aliphatic carbocycles. The molecule has 1 aromatic heterocycles. The van der Waals surface area contributed by atoms with Gasteiger partial charge in [0, 0.05) is 77.7 Å². The lowest BCUT2D eigenvalue weighted by Crippen LogP contribution is -2.34. The number of benzene rings is 3. The van der Waals surface area contributed by atoms with Crippen LogP contribution in [0.2, 0.25) is 0 Å². The summed E-state index contributed by atoms with van der Waals surface area (Å²) in [5.74, 6) is -3.08. The lowest BCUT2D eigenvalue weighted by atomic mass is 9.90. The highest BCUT2D eigenvalue weighted by atomic mass is 32.2. The fourth-order valence-corrected chi connectivity index (χ4v) is 8.84. The van der Waals surface area contributed by atoms with E-state index in [0.717, 1.165) is 21.2 Å². The summed E-state index contributed by atoms with van der Waals surface area (Å²) in [6.45, 7) is 0.131.